The van der Waals surface area contributed by atoms with E-state index in [1.54, 1.807) is 61.7 Å². The van der Waals surface area contributed by atoms with Crippen molar-refractivity contribution in [3.63, 3.8) is 0 Å². The van der Waals surface area contributed by atoms with Gasteiger partial charge in [-0.25, -0.2) is 8.42 Å². The molecule has 0 saturated carbocycles. The van der Waals surface area contributed by atoms with Gasteiger partial charge < -0.3 is 14.8 Å². The number of amides is 1. The number of anilines is 1. The number of carbonyl (C=O) groups is 1. The van der Waals surface area contributed by atoms with Crippen molar-refractivity contribution in [2.75, 3.05) is 24.6 Å². The second-order valence-corrected chi connectivity index (χ2v) is 8.74. The van der Waals surface area contributed by atoms with E-state index in [0.29, 0.717) is 18.0 Å². The van der Waals surface area contributed by atoms with E-state index in [2.05, 4.69) is 5.32 Å². The van der Waals surface area contributed by atoms with Gasteiger partial charge in [-0.2, -0.15) is 0 Å². The highest BCUT2D eigenvalue weighted by Gasteiger charge is 2.27. The lowest BCUT2D eigenvalue weighted by molar-refractivity contribution is -0.119. The van der Waals surface area contributed by atoms with Gasteiger partial charge in [0, 0.05) is 6.54 Å². The van der Waals surface area contributed by atoms with Gasteiger partial charge in [0.1, 0.15) is 18.0 Å². The van der Waals surface area contributed by atoms with Crippen LogP contribution in [-0.4, -0.2) is 34.6 Å². The van der Waals surface area contributed by atoms with E-state index in [4.69, 9.17) is 9.47 Å². The number of benzene rings is 3. The third-order valence-corrected chi connectivity index (χ3v) is 6.49. The van der Waals surface area contributed by atoms with Crippen LogP contribution in [0, 0.1) is 0 Å². The number of rotatable bonds is 10. The van der Waals surface area contributed by atoms with Crippen LogP contribution in [0.5, 0.6) is 11.5 Å². The molecule has 0 aliphatic rings. The van der Waals surface area contributed by atoms with Crippen LogP contribution in [0.1, 0.15) is 12.5 Å². The maximum absolute atomic E-state index is 13.3. The molecule has 0 aliphatic heterocycles. The third kappa shape index (κ3) is 5.79. The zero-order chi connectivity index (χ0) is 23.0. The molecule has 0 aliphatic carbocycles. The van der Waals surface area contributed by atoms with Gasteiger partial charge in [-0.3, -0.25) is 9.10 Å². The molecule has 7 nitrogen and oxygen atoms in total. The molecule has 0 atom stereocenters. The van der Waals surface area contributed by atoms with Crippen LogP contribution >= 0.6 is 0 Å². The molecular formula is C24H26N2O5S. The molecule has 0 heterocycles. The van der Waals surface area contributed by atoms with Gasteiger partial charge in [0.2, 0.25) is 5.91 Å². The van der Waals surface area contributed by atoms with Crippen molar-refractivity contribution in [3.8, 4) is 11.5 Å². The Morgan fingerprint density at radius 2 is 1.53 bits per heavy atom. The summed E-state index contributed by atoms with van der Waals surface area (Å²) in [4.78, 5) is 12.8. The van der Waals surface area contributed by atoms with Crippen molar-refractivity contribution in [2.45, 2.75) is 18.4 Å². The summed E-state index contributed by atoms with van der Waals surface area (Å²) < 4.78 is 38.3. The molecular weight excluding hydrogens is 428 g/mol. The SMILES string of the molecule is CCOc1ccc(N(CC(=O)NCc2ccc(OC)cc2)S(=O)(=O)c2ccccc2)cc1. The zero-order valence-electron chi connectivity index (χ0n) is 18.0. The van der Waals surface area contributed by atoms with Gasteiger partial charge in [-0.1, -0.05) is 30.3 Å². The summed E-state index contributed by atoms with van der Waals surface area (Å²) in [7, 11) is -2.37. The maximum atomic E-state index is 13.3. The standard InChI is InChI=1S/C24H26N2O5S/c1-3-31-22-15-11-20(12-16-22)26(32(28,29)23-7-5-4-6-8-23)18-24(27)25-17-19-9-13-21(30-2)14-10-19/h4-16H,3,17-18H2,1-2H3,(H,25,27). The molecule has 0 bridgehead atoms. The fraction of sp³-hybridized carbons (Fsp3) is 0.208. The van der Waals surface area contributed by atoms with Crippen molar-refractivity contribution >= 4 is 21.6 Å². The Morgan fingerprint density at radius 1 is 0.906 bits per heavy atom. The predicted molar refractivity (Wildman–Crippen MR) is 123 cm³/mol. The van der Waals surface area contributed by atoms with Crippen LogP contribution in [0.2, 0.25) is 0 Å². The summed E-state index contributed by atoms with van der Waals surface area (Å²) in [5, 5.41) is 2.78. The van der Waals surface area contributed by atoms with E-state index < -0.39 is 15.9 Å². The number of ether oxygens (including phenoxy) is 2. The number of methoxy groups -OCH3 is 1. The minimum Gasteiger partial charge on any atom is -0.497 e. The quantitative estimate of drug-likeness (QED) is 0.506. The number of hydrogen-bond acceptors (Lipinski definition) is 5. The summed E-state index contributed by atoms with van der Waals surface area (Å²) in [6.45, 7) is 2.28. The van der Waals surface area contributed by atoms with Crippen molar-refractivity contribution in [2.24, 2.45) is 0 Å². The first-order chi connectivity index (χ1) is 15.4. The third-order valence-electron chi connectivity index (χ3n) is 4.70. The number of hydrogen-bond donors (Lipinski definition) is 1. The Kier molecular flexibility index (Phi) is 7.72. The van der Waals surface area contributed by atoms with E-state index in [1.807, 2.05) is 19.1 Å². The molecule has 3 rings (SSSR count). The Balaban J connectivity index is 1.80. The molecule has 8 heteroatoms. The summed E-state index contributed by atoms with van der Waals surface area (Å²) in [5.74, 6) is 0.919. The first-order valence-corrected chi connectivity index (χ1v) is 11.6. The predicted octanol–water partition coefficient (Wildman–Crippen LogP) is 3.61. The van der Waals surface area contributed by atoms with E-state index in [-0.39, 0.29) is 18.0 Å². The van der Waals surface area contributed by atoms with Crippen molar-refractivity contribution < 1.29 is 22.7 Å². The van der Waals surface area contributed by atoms with Gasteiger partial charge in [0.15, 0.2) is 0 Å². The zero-order valence-corrected chi connectivity index (χ0v) is 18.8. The van der Waals surface area contributed by atoms with Gasteiger partial charge in [0.25, 0.3) is 10.0 Å². The normalized spacial score (nSPS) is 10.9. The lowest BCUT2D eigenvalue weighted by Gasteiger charge is -2.24. The lowest BCUT2D eigenvalue weighted by Crippen LogP contribution is -2.40. The van der Waals surface area contributed by atoms with Crippen LogP contribution in [0.3, 0.4) is 0 Å². The Morgan fingerprint density at radius 3 is 2.12 bits per heavy atom. The van der Waals surface area contributed by atoms with Gasteiger partial charge >= 0.3 is 0 Å². The molecule has 0 saturated heterocycles. The fourth-order valence-corrected chi connectivity index (χ4v) is 4.48. The van der Waals surface area contributed by atoms with Crippen LogP contribution in [0.4, 0.5) is 5.69 Å². The highest BCUT2D eigenvalue weighted by molar-refractivity contribution is 7.92. The van der Waals surface area contributed by atoms with E-state index in [1.165, 1.54) is 12.1 Å². The minimum atomic E-state index is -3.95. The van der Waals surface area contributed by atoms with Gasteiger partial charge in [0.05, 0.1) is 24.3 Å². The Hall–Kier alpha value is -3.52. The molecule has 3 aromatic carbocycles. The summed E-state index contributed by atoms with van der Waals surface area (Å²) >= 11 is 0. The Bertz CT molecular complexity index is 1120. The first kappa shape index (κ1) is 23.1. The minimum absolute atomic E-state index is 0.108. The van der Waals surface area contributed by atoms with Crippen LogP contribution in [-0.2, 0) is 21.4 Å². The highest BCUT2D eigenvalue weighted by Crippen LogP contribution is 2.25. The number of nitrogens with zero attached hydrogens (tertiary/aromatic N) is 1. The van der Waals surface area contributed by atoms with Crippen molar-refractivity contribution in [1.29, 1.82) is 0 Å². The topological polar surface area (TPSA) is 84.9 Å². The van der Waals surface area contributed by atoms with E-state index >= 15 is 0 Å². The lowest BCUT2D eigenvalue weighted by atomic mass is 10.2. The monoisotopic (exact) mass is 454 g/mol. The van der Waals surface area contributed by atoms with Crippen LogP contribution in [0.15, 0.2) is 83.8 Å². The molecule has 1 N–H and O–H groups in total. The molecule has 0 fully saturated rings. The average molecular weight is 455 g/mol. The van der Waals surface area contributed by atoms with Crippen molar-refractivity contribution in [1.82, 2.24) is 5.32 Å². The summed E-state index contributed by atoms with van der Waals surface area (Å²) in [6, 6.07) is 21.9. The summed E-state index contributed by atoms with van der Waals surface area (Å²) in [6.07, 6.45) is 0. The average Bonchev–Trinajstić information content (AvgIpc) is 2.83. The Labute approximate surface area is 188 Å². The molecule has 3 aromatic rings. The molecule has 1 amide bonds. The summed E-state index contributed by atoms with van der Waals surface area (Å²) in [5.41, 5.74) is 1.24. The second kappa shape index (κ2) is 10.7. The van der Waals surface area contributed by atoms with Crippen LogP contribution < -0.4 is 19.1 Å². The molecule has 0 radical (unpaired) electrons. The second-order valence-electron chi connectivity index (χ2n) is 6.88. The van der Waals surface area contributed by atoms with Crippen LogP contribution in [0.25, 0.3) is 0 Å². The largest absolute Gasteiger partial charge is 0.497 e. The van der Waals surface area contributed by atoms with Gasteiger partial charge in [-0.15, -0.1) is 0 Å². The van der Waals surface area contributed by atoms with E-state index in [9.17, 15) is 13.2 Å². The van der Waals surface area contributed by atoms with Crippen molar-refractivity contribution in [3.05, 3.63) is 84.4 Å². The smallest absolute Gasteiger partial charge is 0.264 e. The molecule has 0 unspecified atom stereocenters. The number of carbonyl (C=O) groups excluding carboxylic acids is 1. The molecule has 32 heavy (non-hydrogen) atoms. The molecule has 0 spiro atoms. The molecule has 0 aromatic heterocycles. The van der Waals surface area contributed by atoms with Gasteiger partial charge in [-0.05, 0) is 61.0 Å². The number of sulfonamides is 1. The maximum Gasteiger partial charge on any atom is 0.264 e. The highest BCUT2D eigenvalue weighted by atomic mass is 32.2. The first-order valence-electron chi connectivity index (χ1n) is 10.1. The molecule has 168 valence electrons. The van der Waals surface area contributed by atoms with E-state index in [0.717, 1.165) is 15.6 Å². The fourth-order valence-electron chi connectivity index (χ4n) is 3.04. The number of nitrogens with one attached hydrogen (secondary N) is 1.